The van der Waals surface area contributed by atoms with E-state index in [9.17, 15) is 19.8 Å². The average Bonchev–Trinajstić information content (AvgIpc) is 2.42. The highest BCUT2D eigenvalue weighted by atomic mass is 16.4. The van der Waals surface area contributed by atoms with Crippen molar-refractivity contribution in [3.8, 4) is 23.8 Å². The van der Waals surface area contributed by atoms with Crippen LogP contribution in [0.25, 0.3) is 0 Å². The molecule has 1 aromatic carbocycles. The Balaban J connectivity index is 2.65. The van der Waals surface area contributed by atoms with Crippen LogP contribution in [-0.4, -0.2) is 39.9 Å². The number of hydrogen-bond acceptors (Lipinski definition) is 4. The molecular weight excluding hydrogens is 276 g/mol. The topological polar surface area (TPSA) is 119 Å². The van der Waals surface area contributed by atoms with E-state index in [2.05, 4.69) is 16.6 Å². The fourth-order valence-corrected chi connectivity index (χ4v) is 1.59. The zero-order chi connectivity index (χ0) is 15.8. The minimum absolute atomic E-state index is 0.0360. The van der Waals surface area contributed by atoms with E-state index in [1.54, 1.807) is 0 Å². The summed E-state index contributed by atoms with van der Waals surface area (Å²) in [6.07, 6.45) is 5.34. The molecule has 1 aromatic rings. The highest BCUT2D eigenvalue weighted by Crippen LogP contribution is 2.25. The molecule has 1 atom stereocenters. The van der Waals surface area contributed by atoms with Gasteiger partial charge in [0.2, 0.25) is 0 Å². The number of aliphatic carboxylic acids is 1. The van der Waals surface area contributed by atoms with Crippen LogP contribution < -0.4 is 10.6 Å². The summed E-state index contributed by atoms with van der Waals surface area (Å²) in [6, 6.07) is 2.14. The lowest BCUT2D eigenvalue weighted by molar-refractivity contribution is -0.139. The van der Waals surface area contributed by atoms with Crippen LogP contribution in [0.15, 0.2) is 18.2 Å². The Labute approximate surface area is 121 Å². The second-order valence-corrected chi connectivity index (χ2v) is 4.27. The van der Waals surface area contributed by atoms with Gasteiger partial charge in [-0.1, -0.05) is 6.07 Å². The van der Waals surface area contributed by atoms with Crippen LogP contribution >= 0.6 is 0 Å². The van der Waals surface area contributed by atoms with Crippen molar-refractivity contribution in [1.29, 1.82) is 0 Å². The SMILES string of the molecule is C#CCCNC(=O)NC(Cc1ccc(O)c(O)c1)C(=O)O. The number of hydrogen-bond donors (Lipinski definition) is 5. The maximum Gasteiger partial charge on any atom is 0.326 e. The molecule has 0 bridgehead atoms. The van der Waals surface area contributed by atoms with Crippen molar-refractivity contribution in [2.75, 3.05) is 6.54 Å². The fraction of sp³-hybridized carbons (Fsp3) is 0.286. The van der Waals surface area contributed by atoms with E-state index in [-0.39, 0.29) is 24.5 Å². The zero-order valence-corrected chi connectivity index (χ0v) is 11.2. The molecule has 21 heavy (non-hydrogen) atoms. The molecule has 0 saturated carbocycles. The number of rotatable bonds is 6. The summed E-state index contributed by atoms with van der Waals surface area (Å²) >= 11 is 0. The lowest BCUT2D eigenvalue weighted by Gasteiger charge is -2.15. The molecule has 1 rings (SSSR count). The number of amides is 2. The first-order valence-corrected chi connectivity index (χ1v) is 6.15. The van der Waals surface area contributed by atoms with Crippen molar-refractivity contribution in [3.05, 3.63) is 23.8 Å². The van der Waals surface area contributed by atoms with Crippen LogP contribution in [0.1, 0.15) is 12.0 Å². The lowest BCUT2D eigenvalue weighted by Crippen LogP contribution is -2.47. The van der Waals surface area contributed by atoms with E-state index in [0.29, 0.717) is 12.0 Å². The molecule has 0 aliphatic rings. The van der Waals surface area contributed by atoms with Gasteiger partial charge in [-0.25, -0.2) is 9.59 Å². The Kier molecular flexibility index (Phi) is 5.89. The molecule has 7 nitrogen and oxygen atoms in total. The smallest absolute Gasteiger partial charge is 0.326 e. The van der Waals surface area contributed by atoms with Crippen molar-refractivity contribution < 1.29 is 24.9 Å². The fourth-order valence-electron chi connectivity index (χ4n) is 1.59. The van der Waals surface area contributed by atoms with Crippen LogP contribution in [0, 0.1) is 12.3 Å². The molecule has 0 saturated heterocycles. The Morgan fingerprint density at radius 2 is 2.00 bits per heavy atom. The van der Waals surface area contributed by atoms with E-state index >= 15 is 0 Å². The molecule has 0 aromatic heterocycles. The molecule has 0 radical (unpaired) electrons. The second-order valence-electron chi connectivity index (χ2n) is 4.27. The Morgan fingerprint density at radius 1 is 1.29 bits per heavy atom. The number of phenolic OH excluding ortho intramolecular Hbond substituents is 2. The molecule has 7 heteroatoms. The van der Waals surface area contributed by atoms with Gasteiger partial charge in [0.1, 0.15) is 6.04 Å². The molecule has 0 spiro atoms. The largest absolute Gasteiger partial charge is 0.504 e. The third kappa shape index (κ3) is 5.32. The number of phenols is 2. The van der Waals surface area contributed by atoms with Gasteiger partial charge in [-0.2, -0.15) is 0 Å². The first kappa shape index (κ1) is 16.2. The summed E-state index contributed by atoms with van der Waals surface area (Å²) in [7, 11) is 0. The molecule has 5 N–H and O–H groups in total. The van der Waals surface area contributed by atoms with Gasteiger partial charge >= 0.3 is 12.0 Å². The Hall–Kier alpha value is -2.88. The summed E-state index contributed by atoms with van der Waals surface area (Å²) in [5.74, 6) is 0.475. The van der Waals surface area contributed by atoms with E-state index in [1.807, 2.05) is 0 Å². The van der Waals surface area contributed by atoms with E-state index in [0.717, 1.165) is 0 Å². The molecular formula is C14H16N2O5. The van der Waals surface area contributed by atoms with Crippen molar-refractivity contribution >= 4 is 12.0 Å². The molecule has 0 aliphatic carbocycles. The quantitative estimate of drug-likeness (QED) is 0.296. The van der Waals surface area contributed by atoms with Crippen LogP contribution in [0.3, 0.4) is 0 Å². The Morgan fingerprint density at radius 3 is 2.57 bits per heavy atom. The van der Waals surface area contributed by atoms with Crippen LogP contribution in [0.4, 0.5) is 4.79 Å². The third-order valence-electron chi connectivity index (χ3n) is 2.64. The highest BCUT2D eigenvalue weighted by molar-refractivity contribution is 5.82. The summed E-state index contributed by atoms with van der Waals surface area (Å²) in [4.78, 5) is 22.6. The maximum atomic E-state index is 11.5. The second kappa shape index (κ2) is 7.65. The van der Waals surface area contributed by atoms with Crippen molar-refractivity contribution in [2.24, 2.45) is 0 Å². The predicted octanol–water partition coefficient (Wildman–Crippen LogP) is 0.416. The zero-order valence-electron chi connectivity index (χ0n) is 11.2. The number of carbonyl (C=O) groups is 2. The van der Waals surface area contributed by atoms with Gasteiger partial charge in [0.25, 0.3) is 0 Å². The number of carboxylic acids is 1. The molecule has 2 amide bonds. The average molecular weight is 292 g/mol. The minimum atomic E-state index is -1.21. The van der Waals surface area contributed by atoms with Gasteiger partial charge in [0.05, 0.1) is 0 Å². The Bertz CT molecular complexity index is 565. The van der Waals surface area contributed by atoms with E-state index in [4.69, 9.17) is 11.5 Å². The number of carbonyl (C=O) groups excluding carboxylic acids is 1. The predicted molar refractivity (Wildman–Crippen MR) is 74.9 cm³/mol. The number of carboxylic acid groups (broad SMARTS) is 1. The van der Waals surface area contributed by atoms with Crippen molar-refractivity contribution in [2.45, 2.75) is 18.9 Å². The highest BCUT2D eigenvalue weighted by Gasteiger charge is 2.20. The monoisotopic (exact) mass is 292 g/mol. The van der Waals surface area contributed by atoms with Crippen molar-refractivity contribution in [3.63, 3.8) is 0 Å². The van der Waals surface area contributed by atoms with Gasteiger partial charge in [0.15, 0.2) is 11.5 Å². The van der Waals surface area contributed by atoms with Gasteiger partial charge in [-0.15, -0.1) is 12.3 Å². The molecule has 0 heterocycles. The molecule has 0 aliphatic heterocycles. The van der Waals surface area contributed by atoms with Crippen LogP contribution in [-0.2, 0) is 11.2 Å². The number of terminal acetylenes is 1. The molecule has 112 valence electrons. The molecule has 0 fully saturated rings. The minimum Gasteiger partial charge on any atom is -0.504 e. The van der Waals surface area contributed by atoms with Gasteiger partial charge < -0.3 is 26.0 Å². The number of benzene rings is 1. The first-order valence-electron chi connectivity index (χ1n) is 6.15. The maximum absolute atomic E-state index is 11.5. The lowest BCUT2D eigenvalue weighted by atomic mass is 10.1. The molecule has 1 unspecified atom stereocenters. The first-order chi connectivity index (χ1) is 9.93. The standard InChI is InChI=1S/C14H16N2O5/c1-2-3-6-15-14(21)16-10(13(19)20)7-9-4-5-11(17)12(18)8-9/h1,4-5,8,10,17-18H,3,6-7H2,(H,19,20)(H2,15,16,21). The summed E-state index contributed by atoms with van der Waals surface area (Å²) < 4.78 is 0. The van der Waals surface area contributed by atoms with Gasteiger partial charge in [0, 0.05) is 19.4 Å². The van der Waals surface area contributed by atoms with E-state index in [1.165, 1.54) is 18.2 Å². The number of urea groups is 1. The summed E-state index contributed by atoms with van der Waals surface area (Å²) in [5, 5.41) is 32.4. The summed E-state index contributed by atoms with van der Waals surface area (Å²) in [6.45, 7) is 0.245. The number of aromatic hydroxyl groups is 2. The van der Waals surface area contributed by atoms with Crippen molar-refractivity contribution in [1.82, 2.24) is 10.6 Å². The number of nitrogens with one attached hydrogen (secondary N) is 2. The van der Waals surface area contributed by atoms with Crippen LogP contribution in [0.2, 0.25) is 0 Å². The van der Waals surface area contributed by atoms with Crippen LogP contribution in [0.5, 0.6) is 11.5 Å². The summed E-state index contributed by atoms with van der Waals surface area (Å²) in [5.41, 5.74) is 0.460. The van der Waals surface area contributed by atoms with Gasteiger partial charge in [-0.05, 0) is 17.7 Å². The van der Waals surface area contributed by atoms with E-state index < -0.39 is 18.0 Å². The third-order valence-corrected chi connectivity index (χ3v) is 2.64. The normalized spacial score (nSPS) is 11.2. The van der Waals surface area contributed by atoms with Gasteiger partial charge in [-0.3, -0.25) is 0 Å².